The zero-order valence-corrected chi connectivity index (χ0v) is 18.6. The van der Waals surface area contributed by atoms with E-state index in [-0.39, 0.29) is 18.0 Å². The summed E-state index contributed by atoms with van der Waals surface area (Å²) in [5, 5.41) is 22.5. The van der Waals surface area contributed by atoms with Crippen LogP contribution in [0.25, 0.3) is 11.4 Å². The number of benzene rings is 2. The van der Waals surface area contributed by atoms with Crippen molar-refractivity contribution in [2.24, 2.45) is 0 Å². The Morgan fingerprint density at radius 3 is 2.66 bits per heavy atom. The maximum atomic E-state index is 11.2. The third kappa shape index (κ3) is 5.39. The first-order chi connectivity index (χ1) is 15.5. The summed E-state index contributed by atoms with van der Waals surface area (Å²) in [6.07, 6.45) is -0.742. The molecule has 0 aliphatic carbocycles. The van der Waals surface area contributed by atoms with Crippen molar-refractivity contribution < 1.29 is 14.8 Å². The number of ether oxygens (including phenoxy) is 1. The molecule has 10 heteroatoms. The first kappa shape index (κ1) is 22.1. The minimum atomic E-state index is -0.742. The van der Waals surface area contributed by atoms with E-state index in [0.717, 1.165) is 48.3 Å². The number of rotatable bonds is 8. The van der Waals surface area contributed by atoms with Crippen molar-refractivity contribution >= 4 is 22.4 Å². The number of aromatic nitrogens is 2. The first-order valence-electron chi connectivity index (χ1n) is 10.4. The lowest BCUT2D eigenvalue weighted by atomic mass is 10.2. The summed E-state index contributed by atoms with van der Waals surface area (Å²) >= 11 is 1.40. The largest absolute Gasteiger partial charge is 0.484 e. The molecule has 1 atom stereocenters. The summed E-state index contributed by atoms with van der Waals surface area (Å²) in [4.78, 5) is 19.8. The smallest absolute Gasteiger partial charge is 0.311 e. The number of nitro groups is 1. The highest BCUT2D eigenvalue weighted by Gasteiger charge is 2.23. The molecule has 1 fully saturated rings. The molecule has 0 unspecified atom stereocenters. The van der Waals surface area contributed by atoms with Crippen molar-refractivity contribution in [2.75, 3.05) is 44.2 Å². The molecular formula is C22H25N5O4S. The van der Waals surface area contributed by atoms with Crippen LogP contribution in [-0.2, 0) is 0 Å². The molecule has 168 valence electrons. The van der Waals surface area contributed by atoms with Crippen LogP contribution in [0.3, 0.4) is 0 Å². The summed E-state index contributed by atoms with van der Waals surface area (Å²) < 4.78 is 10.0. The number of aliphatic hydroxyl groups excluding tert-OH is 1. The van der Waals surface area contributed by atoms with Gasteiger partial charge in [0.15, 0.2) is 11.6 Å². The Morgan fingerprint density at radius 2 is 1.94 bits per heavy atom. The van der Waals surface area contributed by atoms with E-state index in [1.165, 1.54) is 17.6 Å². The molecule has 0 saturated carbocycles. The summed E-state index contributed by atoms with van der Waals surface area (Å²) in [7, 11) is 0. The van der Waals surface area contributed by atoms with E-state index >= 15 is 0 Å². The minimum absolute atomic E-state index is 0.000944. The summed E-state index contributed by atoms with van der Waals surface area (Å²) in [6.45, 7) is 5.38. The van der Waals surface area contributed by atoms with Gasteiger partial charge in [0.05, 0.1) is 4.92 Å². The van der Waals surface area contributed by atoms with Crippen molar-refractivity contribution in [3.8, 4) is 17.1 Å². The quantitative estimate of drug-likeness (QED) is 0.408. The SMILES string of the molecule is Cc1ccc(OC[C@@H](O)CN2CCN(c3nc(-c4ccccc4)ns3)CC2)c([N+](=O)[O-])c1. The number of anilines is 1. The molecule has 9 nitrogen and oxygen atoms in total. The maximum absolute atomic E-state index is 11.2. The van der Waals surface area contributed by atoms with E-state index in [0.29, 0.717) is 6.54 Å². The highest BCUT2D eigenvalue weighted by Crippen LogP contribution is 2.28. The van der Waals surface area contributed by atoms with Gasteiger partial charge in [0.25, 0.3) is 0 Å². The van der Waals surface area contributed by atoms with Crippen LogP contribution < -0.4 is 9.64 Å². The van der Waals surface area contributed by atoms with Crippen molar-refractivity contribution in [3.63, 3.8) is 0 Å². The standard InChI is InChI=1S/C22H25N5O4S/c1-16-7-8-20(19(13-16)27(29)30)31-15-18(28)14-25-9-11-26(12-10-25)22-23-21(24-32-22)17-5-3-2-4-6-17/h2-8,13,18,28H,9-12,14-15H2,1H3/t18-/m0/s1. The van der Waals surface area contributed by atoms with Gasteiger partial charge in [-0.2, -0.15) is 9.36 Å². The Morgan fingerprint density at radius 1 is 1.19 bits per heavy atom. The lowest BCUT2D eigenvalue weighted by molar-refractivity contribution is -0.386. The third-order valence-electron chi connectivity index (χ3n) is 5.30. The molecule has 32 heavy (non-hydrogen) atoms. The second kappa shape index (κ2) is 10.0. The molecule has 1 aliphatic heterocycles. The van der Waals surface area contributed by atoms with E-state index in [2.05, 4.69) is 19.2 Å². The van der Waals surface area contributed by atoms with E-state index in [1.807, 2.05) is 30.3 Å². The number of piperazine rings is 1. The fourth-order valence-corrected chi connectivity index (χ4v) is 4.34. The Hall–Kier alpha value is -3.08. The van der Waals surface area contributed by atoms with Gasteiger partial charge in [-0.1, -0.05) is 36.4 Å². The highest BCUT2D eigenvalue weighted by molar-refractivity contribution is 7.09. The molecule has 3 aromatic rings. The number of β-amino-alcohol motifs (C(OH)–C–C–N with tert-alkyl or cyclic N) is 1. The predicted octanol–water partition coefficient (Wildman–Crippen LogP) is 2.98. The zero-order valence-electron chi connectivity index (χ0n) is 17.8. The van der Waals surface area contributed by atoms with Crippen molar-refractivity contribution in [1.82, 2.24) is 14.3 Å². The maximum Gasteiger partial charge on any atom is 0.311 e. The molecule has 2 aromatic carbocycles. The topological polar surface area (TPSA) is 105 Å². The molecule has 0 radical (unpaired) electrons. The van der Waals surface area contributed by atoms with Crippen LogP contribution in [0.15, 0.2) is 48.5 Å². The lowest BCUT2D eigenvalue weighted by Gasteiger charge is -2.35. The fraction of sp³-hybridized carbons (Fsp3) is 0.364. The minimum Gasteiger partial charge on any atom is -0.484 e. The van der Waals surface area contributed by atoms with Gasteiger partial charge in [-0.25, -0.2) is 0 Å². The Bertz CT molecular complexity index is 1050. The summed E-state index contributed by atoms with van der Waals surface area (Å²) in [6, 6.07) is 14.7. The molecule has 1 N–H and O–H groups in total. The van der Waals surface area contributed by atoms with Crippen LogP contribution in [-0.4, -0.2) is 69.7 Å². The molecule has 0 spiro atoms. The van der Waals surface area contributed by atoms with Gasteiger partial charge < -0.3 is 14.7 Å². The Balaban J connectivity index is 1.26. The second-order valence-corrected chi connectivity index (χ2v) is 8.48. The van der Waals surface area contributed by atoms with Crippen LogP contribution in [0.2, 0.25) is 0 Å². The second-order valence-electron chi connectivity index (χ2n) is 7.75. The average Bonchev–Trinajstić information content (AvgIpc) is 3.29. The molecule has 2 heterocycles. The van der Waals surface area contributed by atoms with Crippen LogP contribution in [0.1, 0.15) is 5.56 Å². The van der Waals surface area contributed by atoms with Gasteiger partial charge in [-0.3, -0.25) is 15.0 Å². The van der Waals surface area contributed by atoms with Gasteiger partial charge in [-0.15, -0.1) is 0 Å². The molecular weight excluding hydrogens is 430 g/mol. The van der Waals surface area contributed by atoms with Gasteiger partial charge in [-0.05, 0) is 18.6 Å². The average molecular weight is 456 g/mol. The highest BCUT2D eigenvalue weighted by atomic mass is 32.1. The predicted molar refractivity (Wildman–Crippen MR) is 123 cm³/mol. The number of aliphatic hydroxyl groups is 1. The lowest BCUT2D eigenvalue weighted by Crippen LogP contribution is -2.49. The van der Waals surface area contributed by atoms with Crippen LogP contribution in [0, 0.1) is 17.0 Å². The summed E-state index contributed by atoms with van der Waals surface area (Å²) in [5.41, 5.74) is 1.71. The number of aryl methyl sites for hydroxylation is 1. The van der Waals surface area contributed by atoms with Crippen LogP contribution in [0.4, 0.5) is 10.8 Å². The van der Waals surface area contributed by atoms with E-state index < -0.39 is 11.0 Å². The third-order valence-corrected chi connectivity index (χ3v) is 6.08. The molecule has 1 aromatic heterocycles. The Kier molecular flexibility index (Phi) is 6.93. The molecule has 0 amide bonds. The van der Waals surface area contributed by atoms with Crippen LogP contribution >= 0.6 is 11.5 Å². The fourth-order valence-electron chi connectivity index (χ4n) is 3.60. The molecule has 0 bridgehead atoms. The zero-order chi connectivity index (χ0) is 22.5. The number of nitrogens with zero attached hydrogens (tertiary/aromatic N) is 5. The number of hydrogen-bond acceptors (Lipinski definition) is 9. The monoisotopic (exact) mass is 455 g/mol. The van der Waals surface area contributed by atoms with Crippen molar-refractivity contribution in [2.45, 2.75) is 13.0 Å². The molecule has 4 rings (SSSR count). The Labute approximate surface area is 190 Å². The van der Waals surface area contributed by atoms with Gasteiger partial charge in [0.2, 0.25) is 5.13 Å². The van der Waals surface area contributed by atoms with Crippen LogP contribution in [0.5, 0.6) is 5.75 Å². The van der Waals surface area contributed by atoms with E-state index in [4.69, 9.17) is 4.74 Å². The molecule has 1 saturated heterocycles. The number of nitro benzene ring substituents is 1. The van der Waals surface area contributed by atoms with E-state index in [9.17, 15) is 15.2 Å². The first-order valence-corrected chi connectivity index (χ1v) is 11.2. The van der Waals surface area contributed by atoms with Gasteiger partial charge in [0, 0.05) is 55.9 Å². The van der Waals surface area contributed by atoms with Gasteiger partial charge >= 0.3 is 5.69 Å². The number of hydrogen-bond donors (Lipinski definition) is 1. The normalized spacial score (nSPS) is 15.5. The van der Waals surface area contributed by atoms with Crippen molar-refractivity contribution in [1.29, 1.82) is 0 Å². The summed E-state index contributed by atoms with van der Waals surface area (Å²) in [5.74, 6) is 0.917. The van der Waals surface area contributed by atoms with Gasteiger partial charge in [0.1, 0.15) is 12.7 Å². The molecule has 1 aliphatic rings. The van der Waals surface area contributed by atoms with Crippen molar-refractivity contribution in [3.05, 3.63) is 64.2 Å². The van der Waals surface area contributed by atoms with E-state index in [1.54, 1.807) is 19.1 Å².